The van der Waals surface area contributed by atoms with Gasteiger partial charge in [0.25, 0.3) is 0 Å². The average molecular weight is 305 g/mol. The van der Waals surface area contributed by atoms with Crippen LogP contribution >= 0.6 is 0 Å². The second kappa shape index (κ2) is 9.33. The summed E-state index contributed by atoms with van der Waals surface area (Å²) in [6.45, 7) is 11.1. The van der Waals surface area contributed by atoms with Crippen LogP contribution in [0.15, 0.2) is 22.8 Å². The maximum Gasteiger partial charge on any atom is 0.129 e. The Morgan fingerprint density at radius 2 is 1.86 bits per heavy atom. The van der Waals surface area contributed by atoms with Crippen molar-refractivity contribution in [2.24, 2.45) is 5.41 Å². The molecular weight excluding hydrogens is 268 g/mol. The fourth-order valence-electron chi connectivity index (χ4n) is 3.69. The van der Waals surface area contributed by atoms with Crippen molar-refractivity contribution < 1.29 is 4.79 Å². The lowest BCUT2D eigenvalue weighted by atomic mass is 9.71. The van der Waals surface area contributed by atoms with E-state index in [9.17, 15) is 4.79 Å². The van der Waals surface area contributed by atoms with Gasteiger partial charge in [0.2, 0.25) is 0 Å². The van der Waals surface area contributed by atoms with Crippen LogP contribution in [-0.4, -0.2) is 5.78 Å². The summed E-state index contributed by atoms with van der Waals surface area (Å²) in [5, 5.41) is 0. The van der Waals surface area contributed by atoms with Crippen LogP contribution in [0.1, 0.15) is 98.8 Å². The van der Waals surface area contributed by atoms with E-state index in [1.807, 2.05) is 0 Å². The van der Waals surface area contributed by atoms with Crippen LogP contribution in [0.25, 0.3) is 0 Å². The molecule has 0 aromatic carbocycles. The number of carbonyl (C=O) groups is 1. The van der Waals surface area contributed by atoms with E-state index in [0.717, 1.165) is 12.8 Å². The molecular formula is C21H36O. The van der Waals surface area contributed by atoms with Crippen LogP contribution in [0.2, 0.25) is 0 Å². The smallest absolute Gasteiger partial charge is 0.129 e. The van der Waals surface area contributed by atoms with Crippen molar-refractivity contribution in [2.75, 3.05) is 0 Å². The first-order chi connectivity index (χ1) is 10.3. The van der Waals surface area contributed by atoms with E-state index in [4.69, 9.17) is 0 Å². The summed E-state index contributed by atoms with van der Waals surface area (Å²) >= 11 is 0. The summed E-state index contributed by atoms with van der Waals surface area (Å²) in [6, 6.07) is 0. The van der Waals surface area contributed by atoms with Gasteiger partial charge in [-0.2, -0.15) is 0 Å². The molecule has 1 aliphatic carbocycles. The molecule has 126 valence electrons. The monoisotopic (exact) mass is 304 g/mol. The van der Waals surface area contributed by atoms with Gasteiger partial charge in [-0.15, -0.1) is 0 Å². The zero-order valence-corrected chi connectivity index (χ0v) is 15.6. The second-order valence-corrected chi connectivity index (χ2v) is 7.85. The number of hydrogen-bond acceptors (Lipinski definition) is 1. The molecule has 0 aromatic rings. The number of hydrogen-bond donors (Lipinski definition) is 0. The Balaban J connectivity index is 2.31. The van der Waals surface area contributed by atoms with Crippen molar-refractivity contribution in [1.82, 2.24) is 0 Å². The Kier molecular flexibility index (Phi) is 8.14. The number of carbonyl (C=O) groups excluding carboxylic acids is 1. The van der Waals surface area contributed by atoms with E-state index in [1.54, 1.807) is 18.1 Å². The maximum absolute atomic E-state index is 10.9. The Morgan fingerprint density at radius 3 is 2.50 bits per heavy atom. The fraction of sp³-hybridized carbons (Fsp3) is 0.762. The molecule has 1 nitrogen and oxygen atoms in total. The normalized spacial score (nSPS) is 18.7. The minimum absolute atomic E-state index is 0.325. The molecule has 0 heterocycles. The van der Waals surface area contributed by atoms with E-state index in [-0.39, 0.29) is 0 Å². The molecule has 0 saturated carbocycles. The molecule has 22 heavy (non-hydrogen) atoms. The molecule has 0 saturated heterocycles. The lowest BCUT2D eigenvalue weighted by Crippen LogP contribution is -2.20. The quantitative estimate of drug-likeness (QED) is 0.339. The highest BCUT2D eigenvalue weighted by molar-refractivity contribution is 5.75. The van der Waals surface area contributed by atoms with E-state index < -0.39 is 0 Å². The molecule has 0 atom stereocenters. The lowest BCUT2D eigenvalue weighted by Gasteiger charge is -2.35. The van der Waals surface area contributed by atoms with Crippen LogP contribution in [0.3, 0.4) is 0 Å². The summed E-state index contributed by atoms with van der Waals surface area (Å²) in [5.41, 5.74) is 5.31. The van der Waals surface area contributed by atoms with Crippen molar-refractivity contribution in [1.29, 1.82) is 0 Å². The third-order valence-electron chi connectivity index (χ3n) is 5.18. The first kappa shape index (κ1) is 19.2. The van der Waals surface area contributed by atoms with E-state index in [0.29, 0.717) is 11.2 Å². The summed E-state index contributed by atoms with van der Waals surface area (Å²) in [6.07, 6.45) is 14.3. The molecule has 1 rings (SSSR count). The zero-order valence-electron chi connectivity index (χ0n) is 15.6. The average Bonchev–Trinajstić information content (AvgIpc) is 2.41. The summed E-state index contributed by atoms with van der Waals surface area (Å²) < 4.78 is 0. The first-order valence-corrected chi connectivity index (χ1v) is 9.17. The number of unbranched alkanes of at least 4 members (excludes halogenated alkanes) is 3. The predicted molar refractivity (Wildman–Crippen MR) is 97.1 cm³/mol. The highest BCUT2D eigenvalue weighted by Crippen LogP contribution is 2.42. The number of ketones is 1. The number of allylic oxidation sites excluding steroid dienone is 4. The number of Topliss-reactive ketones (excluding diaryl/α,β-unsaturated/α-hetero) is 1. The Morgan fingerprint density at radius 1 is 1.14 bits per heavy atom. The van der Waals surface area contributed by atoms with Gasteiger partial charge in [-0.3, -0.25) is 0 Å². The molecule has 0 N–H and O–H groups in total. The molecule has 0 fully saturated rings. The zero-order chi connectivity index (χ0) is 16.6. The molecule has 1 heteroatoms. The molecule has 0 spiro atoms. The van der Waals surface area contributed by atoms with Gasteiger partial charge in [0.1, 0.15) is 5.78 Å². The number of rotatable bonds is 9. The van der Waals surface area contributed by atoms with Crippen molar-refractivity contribution in [3.8, 4) is 0 Å². The minimum Gasteiger partial charge on any atom is -0.300 e. The van der Waals surface area contributed by atoms with Gasteiger partial charge in [-0.25, -0.2) is 0 Å². The van der Waals surface area contributed by atoms with Gasteiger partial charge < -0.3 is 4.79 Å². The highest BCUT2D eigenvalue weighted by Gasteiger charge is 2.27. The van der Waals surface area contributed by atoms with Crippen molar-refractivity contribution >= 4 is 5.78 Å². The van der Waals surface area contributed by atoms with Gasteiger partial charge in [0.05, 0.1) is 0 Å². The fourth-order valence-corrected chi connectivity index (χ4v) is 3.69. The Labute approximate surface area is 138 Å². The Hall–Kier alpha value is -0.850. The van der Waals surface area contributed by atoms with Crippen LogP contribution in [0.4, 0.5) is 0 Å². The third-order valence-corrected chi connectivity index (χ3v) is 5.18. The standard InChI is InChI=1S/C21H36O/c1-17(11-8-6-7-9-13-19(3)22)14-15-20-18(2)12-10-16-21(20,4)5/h11H,6-10,12-16H2,1-5H3/b17-11+. The SMILES string of the molecule is CC(=O)CCCCC/C=C(\C)CCC1=C(C)CCCC1(C)C. The van der Waals surface area contributed by atoms with Crippen LogP contribution in [0, 0.1) is 5.41 Å². The van der Waals surface area contributed by atoms with E-state index in [2.05, 4.69) is 33.8 Å². The van der Waals surface area contributed by atoms with Crippen LogP contribution < -0.4 is 0 Å². The van der Waals surface area contributed by atoms with E-state index in [1.165, 1.54) is 56.9 Å². The second-order valence-electron chi connectivity index (χ2n) is 7.85. The summed E-state index contributed by atoms with van der Waals surface area (Å²) in [7, 11) is 0. The first-order valence-electron chi connectivity index (χ1n) is 9.17. The van der Waals surface area contributed by atoms with Gasteiger partial charge >= 0.3 is 0 Å². The minimum atomic E-state index is 0.325. The van der Waals surface area contributed by atoms with Gasteiger partial charge in [-0.05, 0) is 77.6 Å². The van der Waals surface area contributed by atoms with Crippen LogP contribution in [-0.2, 0) is 4.79 Å². The molecule has 0 radical (unpaired) electrons. The maximum atomic E-state index is 10.9. The van der Waals surface area contributed by atoms with Gasteiger partial charge in [0, 0.05) is 6.42 Å². The summed E-state index contributed by atoms with van der Waals surface area (Å²) in [5.74, 6) is 0.325. The highest BCUT2D eigenvalue weighted by atomic mass is 16.1. The van der Waals surface area contributed by atoms with Crippen LogP contribution in [0.5, 0.6) is 0 Å². The summed E-state index contributed by atoms with van der Waals surface area (Å²) in [4.78, 5) is 10.9. The Bertz CT molecular complexity index is 423. The van der Waals surface area contributed by atoms with Crippen molar-refractivity contribution in [3.63, 3.8) is 0 Å². The van der Waals surface area contributed by atoms with Crippen molar-refractivity contribution in [2.45, 2.75) is 98.8 Å². The van der Waals surface area contributed by atoms with Gasteiger partial charge in [-0.1, -0.05) is 43.1 Å². The molecule has 0 aliphatic heterocycles. The lowest BCUT2D eigenvalue weighted by molar-refractivity contribution is -0.117. The molecule has 0 amide bonds. The topological polar surface area (TPSA) is 17.1 Å². The largest absolute Gasteiger partial charge is 0.300 e. The third kappa shape index (κ3) is 6.94. The molecule has 0 unspecified atom stereocenters. The van der Waals surface area contributed by atoms with Crippen molar-refractivity contribution in [3.05, 3.63) is 22.8 Å². The molecule has 1 aliphatic rings. The molecule has 0 bridgehead atoms. The van der Waals surface area contributed by atoms with E-state index >= 15 is 0 Å². The van der Waals surface area contributed by atoms with Gasteiger partial charge in [0.15, 0.2) is 0 Å². The predicted octanol–water partition coefficient (Wildman–Crippen LogP) is 6.78. The molecule has 0 aromatic heterocycles.